The fourth-order valence-corrected chi connectivity index (χ4v) is 2.46. The Kier molecular flexibility index (Phi) is 7.29. The maximum absolute atomic E-state index is 13.1. The highest BCUT2D eigenvalue weighted by Gasteiger charge is 2.07. The van der Waals surface area contributed by atoms with Gasteiger partial charge < -0.3 is 5.32 Å². The molecule has 1 rings (SSSR count). The van der Waals surface area contributed by atoms with Gasteiger partial charge in [-0.2, -0.15) is 0 Å². The molecule has 1 aromatic carbocycles. The first-order chi connectivity index (χ1) is 8.67. The minimum absolute atomic E-state index is 0.164. The molecule has 1 N–H and O–H groups in total. The number of aryl methyl sites for hydroxylation is 1. The van der Waals surface area contributed by atoms with Crippen LogP contribution in [0.2, 0.25) is 0 Å². The molecule has 1 unspecified atom stereocenters. The predicted octanol–water partition coefficient (Wildman–Crippen LogP) is 4.27. The molecule has 0 aliphatic rings. The molecule has 102 valence electrons. The molecule has 0 radical (unpaired) electrons. The summed E-state index contributed by atoms with van der Waals surface area (Å²) >= 11 is 5.80. The average Bonchev–Trinajstić information content (AvgIpc) is 2.34. The largest absolute Gasteiger partial charge is 0.312 e. The second-order valence-electron chi connectivity index (χ2n) is 4.83. The summed E-state index contributed by atoms with van der Waals surface area (Å²) in [7, 11) is 0. The standard InChI is InChI=1S/C15H23ClFN/c1-3-4-13(7-8-16)10-18-11-14-9-15(17)6-5-12(14)2/h5-6,9,13,18H,3-4,7-8,10-11H2,1-2H3. The summed E-state index contributed by atoms with van der Waals surface area (Å²) < 4.78 is 13.1. The minimum atomic E-state index is -0.164. The highest BCUT2D eigenvalue weighted by Crippen LogP contribution is 2.13. The maximum atomic E-state index is 13.1. The van der Waals surface area contributed by atoms with Gasteiger partial charge in [-0.25, -0.2) is 4.39 Å². The van der Waals surface area contributed by atoms with Gasteiger partial charge >= 0.3 is 0 Å². The van der Waals surface area contributed by atoms with Crippen LogP contribution in [-0.2, 0) is 6.54 Å². The van der Waals surface area contributed by atoms with Crippen LogP contribution in [0.3, 0.4) is 0 Å². The fraction of sp³-hybridized carbons (Fsp3) is 0.600. The highest BCUT2D eigenvalue weighted by molar-refractivity contribution is 6.17. The van der Waals surface area contributed by atoms with E-state index in [1.54, 1.807) is 6.07 Å². The van der Waals surface area contributed by atoms with Crippen molar-refractivity contribution in [2.75, 3.05) is 12.4 Å². The smallest absolute Gasteiger partial charge is 0.123 e. The van der Waals surface area contributed by atoms with Gasteiger partial charge in [0.25, 0.3) is 0 Å². The summed E-state index contributed by atoms with van der Waals surface area (Å²) in [5.41, 5.74) is 2.17. The highest BCUT2D eigenvalue weighted by atomic mass is 35.5. The summed E-state index contributed by atoms with van der Waals surface area (Å²) in [6.45, 7) is 5.89. The Morgan fingerprint density at radius 2 is 2.11 bits per heavy atom. The van der Waals surface area contributed by atoms with E-state index in [1.165, 1.54) is 18.9 Å². The van der Waals surface area contributed by atoms with Crippen LogP contribution in [0.15, 0.2) is 18.2 Å². The Hall–Kier alpha value is -0.600. The number of nitrogens with one attached hydrogen (secondary N) is 1. The Morgan fingerprint density at radius 1 is 1.33 bits per heavy atom. The molecule has 0 saturated heterocycles. The van der Waals surface area contributed by atoms with E-state index < -0.39 is 0 Å². The van der Waals surface area contributed by atoms with Crippen molar-refractivity contribution in [2.24, 2.45) is 5.92 Å². The van der Waals surface area contributed by atoms with Crippen molar-refractivity contribution in [3.05, 3.63) is 35.1 Å². The predicted molar refractivity (Wildman–Crippen MR) is 76.6 cm³/mol. The van der Waals surface area contributed by atoms with Crippen LogP contribution in [0.5, 0.6) is 0 Å². The van der Waals surface area contributed by atoms with Crippen molar-refractivity contribution >= 4 is 11.6 Å². The van der Waals surface area contributed by atoms with Crippen LogP contribution >= 0.6 is 11.6 Å². The van der Waals surface area contributed by atoms with Gasteiger partial charge in [-0.3, -0.25) is 0 Å². The molecule has 0 fully saturated rings. The van der Waals surface area contributed by atoms with E-state index in [9.17, 15) is 4.39 Å². The van der Waals surface area contributed by atoms with Crippen molar-refractivity contribution < 1.29 is 4.39 Å². The monoisotopic (exact) mass is 271 g/mol. The second kappa shape index (κ2) is 8.49. The lowest BCUT2D eigenvalue weighted by Crippen LogP contribution is -2.23. The number of hydrogen-bond donors (Lipinski definition) is 1. The molecule has 0 saturated carbocycles. The van der Waals surface area contributed by atoms with Crippen LogP contribution in [0.25, 0.3) is 0 Å². The summed E-state index contributed by atoms with van der Waals surface area (Å²) in [5.74, 6) is 1.18. The third kappa shape index (κ3) is 5.36. The van der Waals surface area contributed by atoms with E-state index in [2.05, 4.69) is 12.2 Å². The molecule has 3 heteroatoms. The van der Waals surface area contributed by atoms with E-state index in [-0.39, 0.29) is 5.82 Å². The Balaban J connectivity index is 2.41. The molecule has 18 heavy (non-hydrogen) atoms. The molecule has 0 aliphatic heterocycles. The molecule has 1 atom stereocenters. The Morgan fingerprint density at radius 3 is 2.78 bits per heavy atom. The lowest BCUT2D eigenvalue weighted by molar-refractivity contribution is 0.430. The summed E-state index contributed by atoms with van der Waals surface area (Å²) in [6, 6.07) is 4.94. The van der Waals surface area contributed by atoms with E-state index in [0.717, 1.165) is 30.6 Å². The lowest BCUT2D eigenvalue weighted by atomic mass is 10.0. The topological polar surface area (TPSA) is 12.0 Å². The van der Waals surface area contributed by atoms with Gasteiger partial charge in [0.1, 0.15) is 5.82 Å². The number of hydrogen-bond acceptors (Lipinski definition) is 1. The zero-order chi connectivity index (χ0) is 13.4. The SMILES string of the molecule is CCCC(CCCl)CNCc1cc(F)ccc1C. The first-order valence-electron chi connectivity index (χ1n) is 6.69. The van der Waals surface area contributed by atoms with E-state index in [0.29, 0.717) is 11.8 Å². The molecule has 0 aliphatic carbocycles. The summed E-state index contributed by atoms with van der Waals surface area (Å²) in [4.78, 5) is 0. The summed E-state index contributed by atoms with van der Waals surface area (Å²) in [6.07, 6.45) is 3.43. The fourth-order valence-electron chi connectivity index (χ4n) is 2.15. The van der Waals surface area contributed by atoms with Gasteiger partial charge in [0.15, 0.2) is 0 Å². The second-order valence-corrected chi connectivity index (χ2v) is 5.21. The summed E-state index contributed by atoms with van der Waals surface area (Å²) in [5, 5.41) is 3.41. The molecule has 0 spiro atoms. The molecule has 1 nitrogen and oxygen atoms in total. The number of rotatable bonds is 8. The third-order valence-electron chi connectivity index (χ3n) is 3.27. The first-order valence-corrected chi connectivity index (χ1v) is 7.22. The molecule has 0 aromatic heterocycles. The van der Waals surface area contributed by atoms with Crippen molar-refractivity contribution in [1.82, 2.24) is 5.32 Å². The molecule has 1 aromatic rings. The lowest BCUT2D eigenvalue weighted by Gasteiger charge is -2.16. The van der Waals surface area contributed by atoms with Gasteiger partial charge in [0.05, 0.1) is 0 Å². The van der Waals surface area contributed by atoms with Gasteiger partial charge in [-0.05, 0) is 55.5 Å². The van der Waals surface area contributed by atoms with Crippen LogP contribution in [-0.4, -0.2) is 12.4 Å². The number of alkyl halides is 1. The quantitative estimate of drug-likeness (QED) is 0.697. The molecule has 0 heterocycles. The van der Waals surface area contributed by atoms with Crippen molar-refractivity contribution in [1.29, 1.82) is 0 Å². The Labute approximate surface area is 115 Å². The third-order valence-corrected chi connectivity index (χ3v) is 3.49. The molecule has 0 amide bonds. The van der Waals surface area contributed by atoms with Gasteiger partial charge in [0.2, 0.25) is 0 Å². The molecule has 0 bridgehead atoms. The van der Waals surface area contributed by atoms with E-state index in [1.807, 2.05) is 13.0 Å². The van der Waals surface area contributed by atoms with Crippen LogP contribution in [0.4, 0.5) is 4.39 Å². The van der Waals surface area contributed by atoms with Crippen molar-refractivity contribution in [2.45, 2.75) is 39.7 Å². The molecular formula is C15H23ClFN. The van der Waals surface area contributed by atoms with E-state index >= 15 is 0 Å². The van der Waals surface area contributed by atoms with Crippen molar-refractivity contribution in [3.8, 4) is 0 Å². The van der Waals surface area contributed by atoms with E-state index in [4.69, 9.17) is 11.6 Å². The van der Waals surface area contributed by atoms with Crippen LogP contribution in [0, 0.1) is 18.7 Å². The van der Waals surface area contributed by atoms with Gasteiger partial charge in [-0.15, -0.1) is 11.6 Å². The van der Waals surface area contributed by atoms with Gasteiger partial charge in [-0.1, -0.05) is 19.4 Å². The van der Waals surface area contributed by atoms with Gasteiger partial charge in [0, 0.05) is 12.4 Å². The Bertz CT molecular complexity index is 348. The number of halogens is 2. The maximum Gasteiger partial charge on any atom is 0.123 e. The van der Waals surface area contributed by atoms with Crippen LogP contribution < -0.4 is 5.32 Å². The number of benzene rings is 1. The molecular weight excluding hydrogens is 249 g/mol. The average molecular weight is 272 g/mol. The van der Waals surface area contributed by atoms with Crippen molar-refractivity contribution in [3.63, 3.8) is 0 Å². The zero-order valence-electron chi connectivity index (χ0n) is 11.3. The van der Waals surface area contributed by atoms with Crippen LogP contribution in [0.1, 0.15) is 37.3 Å². The minimum Gasteiger partial charge on any atom is -0.312 e. The zero-order valence-corrected chi connectivity index (χ0v) is 12.1. The normalized spacial score (nSPS) is 12.7. The first kappa shape index (κ1) is 15.5.